The molecule has 1 aromatic heterocycles. The number of anilines is 1. The van der Waals surface area contributed by atoms with E-state index >= 15 is 0 Å². The second-order valence-corrected chi connectivity index (χ2v) is 4.86. The van der Waals surface area contributed by atoms with E-state index in [1.54, 1.807) is 0 Å². The van der Waals surface area contributed by atoms with Crippen LogP contribution in [0, 0.1) is 15.5 Å². The third-order valence-electron chi connectivity index (χ3n) is 3.65. The van der Waals surface area contributed by atoms with Crippen molar-refractivity contribution in [3.05, 3.63) is 27.9 Å². The van der Waals surface area contributed by atoms with Crippen LogP contribution in [0.25, 0.3) is 0 Å². The van der Waals surface area contributed by atoms with E-state index in [-0.39, 0.29) is 22.5 Å². The van der Waals surface area contributed by atoms with Gasteiger partial charge in [0, 0.05) is 18.8 Å². The third-order valence-corrected chi connectivity index (χ3v) is 3.65. The molecule has 102 valence electrons. The lowest BCUT2D eigenvalue weighted by Crippen LogP contribution is -2.16. The van der Waals surface area contributed by atoms with Crippen LogP contribution in [0.3, 0.4) is 0 Å². The average molecular weight is 265 g/mol. The van der Waals surface area contributed by atoms with Gasteiger partial charge in [0.2, 0.25) is 5.82 Å². The first-order valence-corrected chi connectivity index (χ1v) is 6.09. The predicted octanol–water partition coefficient (Wildman–Crippen LogP) is 2.29. The number of nitrogens with zero attached hydrogens (tertiary/aromatic N) is 2. The Labute approximate surface area is 109 Å². The van der Waals surface area contributed by atoms with Crippen molar-refractivity contribution in [2.75, 3.05) is 11.9 Å². The van der Waals surface area contributed by atoms with Crippen LogP contribution < -0.4 is 5.32 Å². The van der Waals surface area contributed by atoms with Crippen molar-refractivity contribution < 1.29 is 14.8 Å². The first kappa shape index (κ1) is 13.3. The average Bonchev–Trinajstić information content (AvgIpc) is 3.16. The molecule has 1 aromatic rings. The molecule has 2 rings (SSSR count). The first-order chi connectivity index (χ1) is 8.97. The molecule has 0 aromatic carbocycles. The van der Waals surface area contributed by atoms with E-state index in [2.05, 4.69) is 17.2 Å². The minimum Gasteiger partial charge on any atom is -0.478 e. The normalized spacial score (nSPS) is 15.8. The van der Waals surface area contributed by atoms with Gasteiger partial charge in [-0.25, -0.2) is 9.78 Å². The minimum absolute atomic E-state index is 0.134. The maximum atomic E-state index is 10.9. The predicted molar refractivity (Wildman–Crippen MR) is 68.3 cm³/mol. The van der Waals surface area contributed by atoms with Crippen molar-refractivity contribution in [3.8, 4) is 0 Å². The number of hydrogen-bond acceptors (Lipinski definition) is 5. The topological polar surface area (TPSA) is 105 Å². The molecule has 0 radical (unpaired) electrons. The number of carbonyl (C=O) groups is 1. The Morgan fingerprint density at radius 3 is 2.79 bits per heavy atom. The maximum absolute atomic E-state index is 10.9. The molecule has 1 heterocycles. The van der Waals surface area contributed by atoms with Gasteiger partial charge in [-0.1, -0.05) is 6.92 Å². The second kappa shape index (κ2) is 4.83. The Morgan fingerprint density at radius 2 is 2.32 bits per heavy atom. The molecule has 0 spiro atoms. The molecule has 0 bridgehead atoms. The molecular weight excluding hydrogens is 250 g/mol. The molecule has 7 heteroatoms. The van der Waals surface area contributed by atoms with Crippen molar-refractivity contribution >= 4 is 17.5 Å². The Kier molecular flexibility index (Phi) is 3.37. The number of hydrogen-bond donors (Lipinski definition) is 2. The quantitative estimate of drug-likeness (QED) is 0.603. The van der Waals surface area contributed by atoms with Gasteiger partial charge in [-0.3, -0.25) is 10.1 Å². The van der Waals surface area contributed by atoms with Gasteiger partial charge in [0.1, 0.15) is 0 Å². The van der Waals surface area contributed by atoms with Crippen LogP contribution in [-0.2, 0) is 0 Å². The molecule has 7 nitrogen and oxygen atoms in total. The van der Waals surface area contributed by atoms with E-state index in [1.165, 1.54) is 0 Å². The summed E-state index contributed by atoms with van der Waals surface area (Å²) in [6.07, 6.45) is 4.36. The lowest BCUT2D eigenvalue weighted by atomic mass is 10.0. The van der Waals surface area contributed by atoms with Crippen LogP contribution in [0.5, 0.6) is 0 Å². The number of aromatic carboxylic acids is 1. The molecular formula is C12H15N3O4. The van der Waals surface area contributed by atoms with Gasteiger partial charge >= 0.3 is 11.7 Å². The molecule has 0 amide bonds. The number of rotatable bonds is 6. The van der Waals surface area contributed by atoms with E-state index in [9.17, 15) is 14.9 Å². The Hall–Kier alpha value is -2.18. The van der Waals surface area contributed by atoms with Gasteiger partial charge in [-0.05, 0) is 24.7 Å². The zero-order valence-corrected chi connectivity index (χ0v) is 10.5. The fourth-order valence-corrected chi connectivity index (χ4v) is 1.95. The van der Waals surface area contributed by atoms with E-state index in [4.69, 9.17) is 5.11 Å². The van der Waals surface area contributed by atoms with Crippen LogP contribution in [0.1, 0.15) is 36.5 Å². The third kappa shape index (κ3) is 2.81. The molecule has 1 fully saturated rings. The molecule has 0 atom stereocenters. The Bertz CT molecular complexity index is 526. The second-order valence-electron chi connectivity index (χ2n) is 4.86. The lowest BCUT2D eigenvalue weighted by molar-refractivity contribution is -0.384. The highest BCUT2D eigenvalue weighted by Gasteiger charge is 2.40. The largest absolute Gasteiger partial charge is 0.478 e. The zero-order valence-electron chi connectivity index (χ0n) is 10.5. The van der Waals surface area contributed by atoms with E-state index in [1.807, 2.05) is 0 Å². The fourth-order valence-electron chi connectivity index (χ4n) is 1.95. The van der Waals surface area contributed by atoms with Crippen LogP contribution in [0.4, 0.5) is 11.5 Å². The van der Waals surface area contributed by atoms with Crippen LogP contribution in [-0.4, -0.2) is 27.5 Å². The number of pyridine rings is 1. The molecule has 1 aliphatic rings. The Balaban J connectivity index is 2.19. The number of nitrogens with one attached hydrogen (secondary N) is 1. The summed E-state index contributed by atoms with van der Waals surface area (Å²) < 4.78 is 0. The van der Waals surface area contributed by atoms with Crippen molar-refractivity contribution in [1.82, 2.24) is 4.98 Å². The molecule has 0 aliphatic heterocycles. The summed E-state index contributed by atoms with van der Waals surface area (Å²) in [5.74, 6) is -1.09. The van der Waals surface area contributed by atoms with Crippen molar-refractivity contribution in [2.45, 2.75) is 26.2 Å². The molecule has 2 N–H and O–H groups in total. The zero-order chi connectivity index (χ0) is 14.0. The number of aromatic nitrogens is 1. The van der Waals surface area contributed by atoms with Crippen molar-refractivity contribution in [2.24, 2.45) is 5.41 Å². The van der Waals surface area contributed by atoms with Crippen LogP contribution in [0.15, 0.2) is 12.3 Å². The first-order valence-electron chi connectivity index (χ1n) is 6.09. The summed E-state index contributed by atoms with van der Waals surface area (Å²) in [7, 11) is 0. The minimum atomic E-state index is -1.23. The summed E-state index contributed by atoms with van der Waals surface area (Å²) in [4.78, 5) is 25.0. The van der Waals surface area contributed by atoms with Gasteiger partial charge in [0.05, 0.1) is 10.5 Å². The summed E-state index contributed by atoms with van der Waals surface area (Å²) >= 11 is 0. The number of carboxylic acid groups (broad SMARTS) is 1. The molecule has 0 unspecified atom stereocenters. The molecule has 0 saturated heterocycles. The van der Waals surface area contributed by atoms with Gasteiger partial charge in [-0.15, -0.1) is 0 Å². The summed E-state index contributed by atoms with van der Waals surface area (Å²) in [5.41, 5.74) is -0.262. The van der Waals surface area contributed by atoms with E-state index in [0.717, 1.165) is 31.5 Å². The van der Waals surface area contributed by atoms with Crippen molar-refractivity contribution in [3.63, 3.8) is 0 Å². The summed E-state index contributed by atoms with van der Waals surface area (Å²) in [5, 5.41) is 22.7. The van der Waals surface area contributed by atoms with E-state index < -0.39 is 10.9 Å². The highest BCUT2D eigenvalue weighted by atomic mass is 16.6. The SMILES string of the molecule is CCC1(CNc2ncc(C(=O)O)cc2[N+](=O)[O-])CC1. The molecule has 1 aliphatic carbocycles. The molecule has 19 heavy (non-hydrogen) atoms. The lowest BCUT2D eigenvalue weighted by Gasteiger charge is -2.13. The smallest absolute Gasteiger partial charge is 0.337 e. The van der Waals surface area contributed by atoms with Crippen molar-refractivity contribution in [1.29, 1.82) is 0 Å². The molecule has 1 saturated carbocycles. The number of nitro groups is 1. The Morgan fingerprint density at radius 1 is 1.63 bits per heavy atom. The monoisotopic (exact) mass is 265 g/mol. The maximum Gasteiger partial charge on any atom is 0.337 e. The van der Waals surface area contributed by atoms with Gasteiger partial charge in [0.25, 0.3) is 0 Å². The van der Waals surface area contributed by atoms with Crippen LogP contribution >= 0.6 is 0 Å². The number of carboxylic acids is 1. The van der Waals surface area contributed by atoms with Gasteiger partial charge < -0.3 is 10.4 Å². The fraction of sp³-hybridized carbons (Fsp3) is 0.500. The highest BCUT2D eigenvalue weighted by Crippen LogP contribution is 2.48. The summed E-state index contributed by atoms with van der Waals surface area (Å²) in [6.45, 7) is 2.72. The van der Waals surface area contributed by atoms with Crippen LogP contribution in [0.2, 0.25) is 0 Å². The van der Waals surface area contributed by atoms with Gasteiger partial charge in [0.15, 0.2) is 0 Å². The van der Waals surface area contributed by atoms with Gasteiger partial charge in [-0.2, -0.15) is 0 Å². The van der Waals surface area contributed by atoms with E-state index in [0.29, 0.717) is 6.54 Å². The summed E-state index contributed by atoms with van der Waals surface area (Å²) in [6, 6.07) is 1.03. The standard InChI is InChI=1S/C12H15N3O4/c1-2-12(3-4-12)7-14-10-9(15(18)19)5-8(6-13-10)11(16)17/h5-6H,2-4,7H2,1H3,(H,13,14)(H,16,17). The highest BCUT2D eigenvalue weighted by molar-refractivity contribution is 5.88.